The second-order valence-corrected chi connectivity index (χ2v) is 2.62. The average Bonchev–Trinajstić information content (AvgIpc) is 2.25. The number of hydrogen-bond donors (Lipinski definition) is 2. The van der Waals surface area contributed by atoms with Crippen molar-refractivity contribution in [2.24, 2.45) is 0 Å². The van der Waals surface area contributed by atoms with Crippen molar-refractivity contribution < 1.29 is 9.90 Å². The molecule has 1 aromatic carbocycles. The van der Waals surface area contributed by atoms with Gasteiger partial charge in [0.1, 0.15) is 6.61 Å². The van der Waals surface area contributed by atoms with E-state index in [-0.39, 0.29) is 12.5 Å². The van der Waals surface area contributed by atoms with Gasteiger partial charge < -0.3 is 10.4 Å². The minimum Gasteiger partial charge on any atom is -0.384 e. The average molecular weight is 189 g/mol. The molecule has 2 N–H and O–H groups in total. The van der Waals surface area contributed by atoms with Gasteiger partial charge in [-0.05, 0) is 18.2 Å². The van der Waals surface area contributed by atoms with Crippen molar-refractivity contribution in [3.8, 4) is 11.8 Å². The van der Waals surface area contributed by atoms with Gasteiger partial charge in [0.05, 0.1) is 0 Å². The van der Waals surface area contributed by atoms with Crippen molar-refractivity contribution in [3.63, 3.8) is 0 Å². The Kier molecular flexibility index (Phi) is 3.71. The molecule has 0 aliphatic rings. The standard InChI is InChI=1S/C11H11NO2/c1-12-11(14)10-6-2-4-9(8-10)5-3-7-13/h2,4,6,8,13H,7H2,1H3,(H,12,14). The third-order valence-electron chi connectivity index (χ3n) is 1.66. The molecule has 0 saturated carbocycles. The third kappa shape index (κ3) is 2.61. The molecule has 0 heterocycles. The zero-order chi connectivity index (χ0) is 10.4. The molecule has 0 atom stereocenters. The first-order chi connectivity index (χ1) is 6.77. The van der Waals surface area contributed by atoms with Crippen molar-refractivity contribution in [3.05, 3.63) is 35.4 Å². The van der Waals surface area contributed by atoms with E-state index < -0.39 is 0 Å². The van der Waals surface area contributed by atoms with Crippen LogP contribution in [0.4, 0.5) is 0 Å². The Morgan fingerprint density at radius 3 is 3.00 bits per heavy atom. The van der Waals surface area contributed by atoms with Crippen molar-refractivity contribution in [2.45, 2.75) is 0 Å². The lowest BCUT2D eigenvalue weighted by Crippen LogP contribution is -2.17. The number of nitrogens with one attached hydrogen (secondary N) is 1. The van der Waals surface area contributed by atoms with Crippen LogP contribution >= 0.6 is 0 Å². The number of benzene rings is 1. The summed E-state index contributed by atoms with van der Waals surface area (Å²) in [5.41, 5.74) is 1.29. The number of amides is 1. The zero-order valence-electron chi connectivity index (χ0n) is 7.87. The predicted molar refractivity (Wildman–Crippen MR) is 53.8 cm³/mol. The van der Waals surface area contributed by atoms with Crippen LogP contribution in [-0.2, 0) is 0 Å². The molecular weight excluding hydrogens is 178 g/mol. The highest BCUT2D eigenvalue weighted by Crippen LogP contribution is 2.03. The molecule has 0 fully saturated rings. The van der Waals surface area contributed by atoms with Gasteiger partial charge in [-0.3, -0.25) is 4.79 Å². The van der Waals surface area contributed by atoms with Crippen LogP contribution in [0.3, 0.4) is 0 Å². The third-order valence-corrected chi connectivity index (χ3v) is 1.66. The Labute approximate surface area is 82.8 Å². The second kappa shape index (κ2) is 5.05. The monoisotopic (exact) mass is 189 g/mol. The maximum absolute atomic E-state index is 11.2. The Morgan fingerprint density at radius 2 is 2.36 bits per heavy atom. The van der Waals surface area contributed by atoms with Gasteiger partial charge in [-0.1, -0.05) is 17.9 Å². The van der Waals surface area contributed by atoms with Crippen LogP contribution in [0.15, 0.2) is 24.3 Å². The van der Waals surface area contributed by atoms with Crippen LogP contribution in [0.1, 0.15) is 15.9 Å². The van der Waals surface area contributed by atoms with E-state index in [0.29, 0.717) is 5.56 Å². The summed E-state index contributed by atoms with van der Waals surface area (Å²) < 4.78 is 0. The van der Waals surface area contributed by atoms with Gasteiger partial charge in [0.2, 0.25) is 0 Å². The van der Waals surface area contributed by atoms with Gasteiger partial charge in [-0.25, -0.2) is 0 Å². The second-order valence-electron chi connectivity index (χ2n) is 2.62. The molecule has 0 aliphatic heterocycles. The topological polar surface area (TPSA) is 49.3 Å². The Balaban J connectivity index is 2.95. The number of carbonyl (C=O) groups is 1. The van der Waals surface area contributed by atoms with Crippen LogP contribution in [0.5, 0.6) is 0 Å². The summed E-state index contributed by atoms with van der Waals surface area (Å²) in [6, 6.07) is 6.94. The predicted octanol–water partition coefficient (Wildman–Crippen LogP) is 0.390. The molecule has 1 rings (SSSR count). The fraction of sp³-hybridized carbons (Fsp3) is 0.182. The first kappa shape index (κ1) is 10.3. The molecule has 0 spiro atoms. The smallest absolute Gasteiger partial charge is 0.251 e. The lowest BCUT2D eigenvalue weighted by Gasteiger charge is -1.99. The van der Waals surface area contributed by atoms with Crippen LogP contribution < -0.4 is 5.32 Å². The molecule has 3 nitrogen and oxygen atoms in total. The Hall–Kier alpha value is -1.79. The molecule has 14 heavy (non-hydrogen) atoms. The molecule has 3 heteroatoms. The lowest BCUT2D eigenvalue weighted by molar-refractivity contribution is 0.0963. The van der Waals surface area contributed by atoms with Crippen molar-refractivity contribution in [1.82, 2.24) is 5.32 Å². The summed E-state index contributed by atoms with van der Waals surface area (Å²) in [7, 11) is 1.58. The summed E-state index contributed by atoms with van der Waals surface area (Å²) in [5, 5.41) is 11.0. The summed E-state index contributed by atoms with van der Waals surface area (Å²) in [5.74, 6) is 5.12. The number of rotatable bonds is 1. The van der Waals surface area contributed by atoms with Crippen molar-refractivity contribution in [2.75, 3.05) is 13.7 Å². The van der Waals surface area contributed by atoms with E-state index in [4.69, 9.17) is 5.11 Å². The van der Waals surface area contributed by atoms with Crippen molar-refractivity contribution in [1.29, 1.82) is 0 Å². The summed E-state index contributed by atoms with van der Waals surface area (Å²) in [4.78, 5) is 11.2. The molecule has 0 aromatic heterocycles. The molecule has 0 aliphatic carbocycles. The van der Waals surface area contributed by atoms with E-state index >= 15 is 0 Å². The van der Waals surface area contributed by atoms with Gasteiger partial charge in [-0.15, -0.1) is 0 Å². The van der Waals surface area contributed by atoms with Gasteiger partial charge in [0, 0.05) is 18.2 Å². The minimum atomic E-state index is -0.176. The van der Waals surface area contributed by atoms with Gasteiger partial charge in [0.15, 0.2) is 0 Å². The summed E-state index contributed by atoms with van der Waals surface area (Å²) >= 11 is 0. The van der Waals surface area contributed by atoms with Crippen LogP contribution in [0, 0.1) is 11.8 Å². The SMILES string of the molecule is CNC(=O)c1cccc(C#CCO)c1. The fourth-order valence-electron chi connectivity index (χ4n) is 1.02. The van der Waals surface area contributed by atoms with Gasteiger partial charge in [-0.2, -0.15) is 0 Å². The molecule has 0 bridgehead atoms. The summed E-state index contributed by atoms with van der Waals surface area (Å²) in [6.45, 7) is -0.176. The van der Waals surface area contributed by atoms with E-state index in [1.54, 1.807) is 31.3 Å². The minimum absolute atomic E-state index is 0.141. The highest BCUT2D eigenvalue weighted by Gasteiger charge is 2.01. The quantitative estimate of drug-likeness (QED) is 0.628. The first-order valence-corrected chi connectivity index (χ1v) is 4.20. The zero-order valence-corrected chi connectivity index (χ0v) is 7.87. The molecular formula is C11H11NO2. The van der Waals surface area contributed by atoms with Crippen molar-refractivity contribution >= 4 is 5.91 Å². The van der Waals surface area contributed by atoms with Crippen LogP contribution in [0.25, 0.3) is 0 Å². The van der Waals surface area contributed by atoms with E-state index in [1.807, 2.05) is 0 Å². The van der Waals surface area contributed by atoms with Crippen LogP contribution in [0.2, 0.25) is 0 Å². The Bertz CT molecular complexity index is 388. The molecule has 0 radical (unpaired) electrons. The van der Waals surface area contributed by atoms with E-state index in [1.165, 1.54) is 0 Å². The van der Waals surface area contributed by atoms with Crippen LogP contribution in [-0.4, -0.2) is 24.7 Å². The Morgan fingerprint density at radius 1 is 1.57 bits per heavy atom. The largest absolute Gasteiger partial charge is 0.384 e. The van der Waals surface area contributed by atoms with E-state index in [9.17, 15) is 4.79 Å². The highest BCUT2D eigenvalue weighted by molar-refractivity contribution is 5.94. The number of aliphatic hydroxyl groups excluding tert-OH is 1. The molecule has 72 valence electrons. The van der Waals surface area contributed by atoms with Gasteiger partial charge >= 0.3 is 0 Å². The first-order valence-electron chi connectivity index (χ1n) is 4.20. The number of aliphatic hydroxyl groups is 1. The van der Waals surface area contributed by atoms with E-state index in [0.717, 1.165) is 5.56 Å². The highest BCUT2D eigenvalue weighted by atomic mass is 16.2. The van der Waals surface area contributed by atoms with E-state index in [2.05, 4.69) is 17.2 Å². The molecule has 0 unspecified atom stereocenters. The molecule has 0 saturated heterocycles. The lowest BCUT2D eigenvalue weighted by atomic mass is 10.1. The maximum Gasteiger partial charge on any atom is 0.251 e. The normalized spacial score (nSPS) is 8.71. The summed E-state index contributed by atoms with van der Waals surface area (Å²) in [6.07, 6.45) is 0. The fourth-order valence-corrected chi connectivity index (χ4v) is 1.02. The molecule has 1 amide bonds. The number of hydrogen-bond acceptors (Lipinski definition) is 2. The van der Waals surface area contributed by atoms with Gasteiger partial charge in [0.25, 0.3) is 5.91 Å². The molecule has 1 aromatic rings. The number of carbonyl (C=O) groups excluding carboxylic acids is 1. The maximum atomic E-state index is 11.2.